The lowest BCUT2D eigenvalue weighted by Crippen LogP contribution is -2.38. The van der Waals surface area contributed by atoms with Crippen molar-refractivity contribution in [3.05, 3.63) is 17.0 Å². The highest BCUT2D eigenvalue weighted by Gasteiger charge is 2.21. The van der Waals surface area contributed by atoms with E-state index in [1.54, 1.807) is 0 Å². The average Bonchev–Trinajstić information content (AvgIpc) is 2.85. The zero-order valence-corrected chi connectivity index (χ0v) is 15.5. The van der Waals surface area contributed by atoms with Gasteiger partial charge in [0.15, 0.2) is 0 Å². The summed E-state index contributed by atoms with van der Waals surface area (Å²) in [6.07, 6.45) is 5.33. The fourth-order valence-corrected chi connectivity index (χ4v) is 3.43. The normalized spacial score (nSPS) is 20.8. The molecule has 0 aliphatic heterocycles. The van der Waals surface area contributed by atoms with Crippen LogP contribution in [0.2, 0.25) is 0 Å². The average molecular weight is 336 g/mol. The van der Waals surface area contributed by atoms with Crippen molar-refractivity contribution in [2.45, 2.75) is 72.6 Å². The molecule has 6 heteroatoms. The summed E-state index contributed by atoms with van der Waals surface area (Å²) in [5, 5.41) is 10.2. The molecule has 0 radical (unpaired) electrons. The largest absolute Gasteiger partial charge is 0.376 e. The second kappa shape index (κ2) is 9.06. The maximum atomic E-state index is 11.9. The molecule has 1 aliphatic rings. The lowest BCUT2D eigenvalue weighted by Gasteiger charge is -2.28. The molecule has 1 heterocycles. The van der Waals surface area contributed by atoms with Crippen molar-refractivity contribution in [1.82, 2.24) is 20.4 Å². The van der Waals surface area contributed by atoms with Crippen molar-refractivity contribution < 1.29 is 9.53 Å². The number of carbonyl (C=O) groups excluding carboxylic acids is 1. The van der Waals surface area contributed by atoms with Crippen LogP contribution >= 0.6 is 0 Å². The van der Waals surface area contributed by atoms with Crippen molar-refractivity contribution in [1.29, 1.82) is 0 Å². The van der Waals surface area contributed by atoms with Gasteiger partial charge in [-0.25, -0.2) is 4.79 Å². The van der Waals surface area contributed by atoms with Gasteiger partial charge in [-0.15, -0.1) is 0 Å². The minimum Gasteiger partial charge on any atom is -0.376 e. The fourth-order valence-electron chi connectivity index (χ4n) is 3.43. The molecule has 2 N–H and O–H groups in total. The number of nitrogens with one attached hydrogen (secondary N) is 2. The smallest absolute Gasteiger partial charge is 0.315 e. The van der Waals surface area contributed by atoms with Crippen LogP contribution in [0.5, 0.6) is 0 Å². The second-order valence-electron chi connectivity index (χ2n) is 6.75. The van der Waals surface area contributed by atoms with Crippen LogP contribution < -0.4 is 10.6 Å². The van der Waals surface area contributed by atoms with E-state index in [-0.39, 0.29) is 6.03 Å². The Kier molecular flexibility index (Phi) is 7.09. The van der Waals surface area contributed by atoms with Crippen molar-refractivity contribution >= 4 is 6.03 Å². The third-order valence-electron chi connectivity index (χ3n) is 5.01. The Bertz CT molecular complexity index is 541. The van der Waals surface area contributed by atoms with Gasteiger partial charge in [-0.2, -0.15) is 5.10 Å². The zero-order chi connectivity index (χ0) is 17.5. The molecule has 0 spiro atoms. The minimum absolute atomic E-state index is 0.154. The number of carbonyl (C=O) groups is 1. The molecule has 1 fully saturated rings. The summed E-state index contributed by atoms with van der Waals surface area (Å²) >= 11 is 0. The Balaban J connectivity index is 1.66. The van der Waals surface area contributed by atoms with E-state index in [9.17, 15) is 4.79 Å². The molecule has 0 aromatic carbocycles. The first kappa shape index (κ1) is 18.8. The molecule has 0 unspecified atom stereocenters. The van der Waals surface area contributed by atoms with Gasteiger partial charge in [0.05, 0.1) is 18.4 Å². The molecule has 1 aromatic heterocycles. The van der Waals surface area contributed by atoms with Gasteiger partial charge in [0, 0.05) is 30.9 Å². The van der Waals surface area contributed by atoms with E-state index in [4.69, 9.17) is 4.74 Å². The lowest BCUT2D eigenvalue weighted by molar-refractivity contribution is -0.00243. The van der Waals surface area contributed by atoms with E-state index in [1.165, 1.54) is 19.3 Å². The predicted octanol–water partition coefficient (Wildman–Crippen LogP) is 2.91. The first-order chi connectivity index (χ1) is 11.5. The molecule has 136 valence electrons. The summed E-state index contributed by atoms with van der Waals surface area (Å²) in [5.41, 5.74) is 3.19. The summed E-state index contributed by atoms with van der Waals surface area (Å²) < 4.78 is 7.87. The Morgan fingerprint density at radius 2 is 2.04 bits per heavy atom. The summed E-state index contributed by atoms with van der Waals surface area (Å²) in [7, 11) is 0. The van der Waals surface area contributed by atoms with Crippen molar-refractivity contribution in [2.24, 2.45) is 5.92 Å². The number of rotatable bonds is 7. The van der Waals surface area contributed by atoms with Crippen molar-refractivity contribution in [3.8, 4) is 0 Å². The maximum Gasteiger partial charge on any atom is 0.315 e. The van der Waals surface area contributed by atoms with Gasteiger partial charge in [0.1, 0.15) is 0 Å². The zero-order valence-electron chi connectivity index (χ0n) is 15.5. The first-order valence-electron chi connectivity index (χ1n) is 9.19. The molecular weight excluding hydrogens is 304 g/mol. The number of aryl methyl sites for hydroxylation is 2. The molecule has 2 rings (SSSR count). The van der Waals surface area contributed by atoms with E-state index in [0.717, 1.165) is 29.9 Å². The Hall–Kier alpha value is -1.56. The van der Waals surface area contributed by atoms with Gasteiger partial charge in [0.2, 0.25) is 0 Å². The molecule has 1 aliphatic carbocycles. The van der Waals surface area contributed by atoms with Crippen LogP contribution in [0, 0.1) is 19.8 Å². The minimum atomic E-state index is -0.154. The molecule has 0 saturated heterocycles. The molecular formula is C18H32N4O2. The van der Waals surface area contributed by atoms with Gasteiger partial charge in [-0.05, 0) is 39.5 Å². The van der Waals surface area contributed by atoms with Crippen molar-refractivity contribution in [3.63, 3.8) is 0 Å². The van der Waals surface area contributed by atoms with Gasteiger partial charge < -0.3 is 15.4 Å². The highest BCUT2D eigenvalue weighted by atomic mass is 16.5. The second-order valence-corrected chi connectivity index (χ2v) is 6.75. The fraction of sp³-hybridized carbons (Fsp3) is 0.778. The third-order valence-corrected chi connectivity index (χ3v) is 5.01. The molecule has 1 saturated carbocycles. The van der Waals surface area contributed by atoms with E-state index >= 15 is 0 Å². The predicted molar refractivity (Wildman–Crippen MR) is 95.0 cm³/mol. The number of amides is 2. The number of aromatic nitrogens is 2. The summed E-state index contributed by atoms with van der Waals surface area (Å²) in [4.78, 5) is 11.9. The SMILES string of the molecule is CCn1nc(C)c(CNC(=O)NCCO[C@H]2CCCC[C@H]2C)c1C. The maximum absolute atomic E-state index is 11.9. The standard InChI is InChI=1S/C18H32N4O2/c1-5-22-15(4)16(14(3)21-22)12-20-18(23)19-10-11-24-17-9-7-6-8-13(17)2/h13,17H,5-12H2,1-4H3,(H2,19,20,23)/t13-,17+/m1/s1. The first-order valence-corrected chi connectivity index (χ1v) is 9.19. The molecule has 0 bridgehead atoms. The number of nitrogens with zero attached hydrogens (tertiary/aromatic N) is 2. The van der Waals surface area contributed by atoms with E-state index < -0.39 is 0 Å². The van der Waals surface area contributed by atoms with Crippen LogP contribution in [-0.2, 0) is 17.8 Å². The van der Waals surface area contributed by atoms with Gasteiger partial charge >= 0.3 is 6.03 Å². The van der Waals surface area contributed by atoms with Crippen LogP contribution in [0.25, 0.3) is 0 Å². The highest BCUT2D eigenvalue weighted by Crippen LogP contribution is 2.25. The highest BCUT2D eigenvalue weighted by molar-refractivity contribution is 5.73. The topological polar surface area (TPSA) is 68.2 Å². The molecule has 2 atom stereocenters. The monoisotopic (exact) mass is 336 g/mol. The Morgan fingerprint density at radius 3 is 2.71 bits per heavy atom. The Morgan fingerprint density at radius 1 is 1.29 bits per heavy atom. The van der Waals surface area contributed by atoms with Crippen LogP contribution in [0.1, 0.15) is 56.5 Å². The summed E-state index contributed by atoms with van der Waals surface area (Å²) in [6, 6.07) is -0.154. The van der Waals surface area contributed by atoms with E-state index in [0.29, 0.717) is 31.7 Å². The van der Waals surface area contributed by atoms with E-state index in [1.807, 2.05) is 18.5 Å². The number of hydrogen-bond donors (Lipinski definition) is 2. The molecule has 2 amide bonds. The number of urea groups is 1. The molecule has 1 aromatic rings. The molecule has 24 heavy (non-hydrogen) atoms. The lowest BCUT2D eigenvalue weighted by atomic mass is 9.88. The van der Waals surface area contributed by atoms with Crippen LogP contribution in [-0.4, -0.2) is 35.1 Å². The van der Waals surface area contributed by atoms with Crippen LogP contribution in [0.15, 0.2) is 0 Å². The number of hydrogen-bond acceptors (Lipinski definition) is 3. The van der Waals surface area contributed by atoms with Crippen molar-refractivity contribution in [2.75, 3.05) is 13.2 Å². The molecule has 6 nitrogen and oxygen atoms in total. The summed E-state index contributed by atoms with van der Waals surface area (Å²) in [5.74, 6) is 0.633. The van der Waals surface area contributed by atoms with Crippen LogP contribution in [0.3, 0.4) is 0 Å². The number of ether oxygens (including phenoxy) is 1. The Labute approximate surface area is 145 Å². The summed E-state index contributed by atoms with van der Waals surface area (Å²) in [6.45, 7) is 10.8. The van der Waals surface area contributed by atoms with Gasteiger partial charge in [-0.1, -0.05) is 19.8 Å². The van der Waals surface area contributed by atoms with Crippen LogP contribution in [0.4, 0.5) is 4.79 Å². The quantitative estimate of drug-likeness (QED) is 0.752. The van der Waals surface area contributed by atoms with Gasteiger partial charge in [-0.3, -0.25) is 4.68 Å². The van der Waals surface area contributed by atoms with E-state index in [2.05, 4.69) is 29.6 Å². The van der Waals surface area contributed by atoms with Gasteiger partial charge in [0.25, 0.3) is 0 Å². The third kappa shape index (κ3) is 4.97.